The van der Waals surface area contributed by atoms with Crippen LogP contribution in [0.3, 0.4) is 0 Å². The van der Waals surface area contributed by atoms with E-state index in [9.17, 15) is 0 Å². The van der Waals surface area contributed by atoms with E-state index in [0.29, 0.717) is 18.4 Å². The predicted molar refractivity (Wildman–Crippen MR) is 112 cm³/mol. The molecule has 0 spiro atoms. The first-order valence-corrected chi connectivity index (χ1v) is 10.0. The van der Waals surface area contributed by atoms with Crippen molar-refractivity contribution >= 4 is 17.6 Å². The van der Waals surface area contributed by atoms with Gasteiger partial charge in [0.2, 0.25) is 6.79 Å². The zero-order chi connectivity index (χ0) is 19.9. The Balaban J connectivity index is 1.74. The molecule has 0 aromatic rings. The van der Waals surface area contributed by atoms with E-state index in [1.165, 1.54) is 11.1 Å². The minimum Gasteiger partial charge on any atom is -0.454 e. The summed E-state index contributed by atoms with van der Waals surface area (Å²) in [6.07, 6.45) is 15.4. The van der Waals surface area contributed by atoms with Crippen LogP contribution in [-0.4, -0.2) is 50.3 Å². The van der Waals surface area contributed by atoms with Crippen LogP contribution < -0.4 is 5.73 Å². The van der Waals surface area contributed by atoms with Crippen molar-refractivity contribution in [3.8, 4) is 0 Å². The zero-order valence-electron chi connectivity index (χ0n) is 16.4. The van der Waals surface area contributed by atoms with Gasteiger partial charge in [-0.05, 0) is 42.6 Å². The molecule has 3 rings (SSSR count). The molecule has 1 fully saturated rings. The number of nitrogens with zero attached hydrogens (tertiary/aromatic N) is 2. The maximum Gasteiger partial charge on any atom is 0.231 e. The minimum atomic E-state index is 0.149. The van der Waals surface area contributed by atoms with Gasteiger partial charge in [0.1, 0.15) is 0 Å². The van der Waals surface area contributed by atoms with Gasteiger partial charge in [0, 0.05) is 32.2 Å². The Morgan fingerprint density at radius 2 is 2.18 bits per heavy atom. The smallest absolute Gasteiger partial charge is 0.231 e. The first kappa shape index (κ1) is 20.6. The van der Waals surface area contributed by atoms with Crippen molar-refractivity contribution in [2.45, 2.75) is 25.4 Å². The molecule has 1 saturated heterocycles. The molecule has 0 radical (unpaired) electrons. The third-order valence-corrected chi connectivity index (χ3v) is 5.26. The number of aliphatic imine (C=N–C) groups is 1. The first-order chi connectivity index (χ1) is 13.6. The highest BCUT2D eigenvalue weighted by Gasteiger charge is 2.23. The highest BCUT2D eigenvalue weighted by Crippen LogP contribution is 2.32. The molecule has 2 atom stereocenters. The van der Waals surface area contributed by atoms with E-state index in [4.69, 9.17) is 31.5 Å². The van der Waals surface area contributed by atoms with Crippen LogP contribution in [0.1, 0.15) is 19.3 Å². The monoisotopic (exact) mass is 405 g/mol. The van der Waals surface area contributed by atoms with Gasteiger partial charge in [0.25, 0.3) is 0 Å². The summed E-state index contributed by atoms with van der Waals surface area (Å²) in [6.45, 7) is 0.863. The molecule has 0 amide bonds. The quantitative estimate of drug-likeness (QED) is 0.657. The number of hydrogen-bond donors (Lipinski definition) is 1. The maximum absolute atomic E-state index is 5.91. The van der Waals surface area contributed by atoms with Gasteiger partial charge >= 0.3 is 0 Å². The Bertz CT molecular complexity index is 752. The molecule has 0 bridgehead atoms. The normalized spacial score (nSPS) is 25.9. The fraction of sp³-hybridized carbons (Fsp3) is 0.476. The number of methoxy groups -OCH3 is 1. The standard InChI is InChI=1S/C21H28ClN3O3/c1-25-13-16(12-24-21(25)23)18(15-6-8-17(26-2)9-7-15)4-3-5-19-20(10-11-22)28-14-27-19/h5-8,10,13,17-18H,3-4,9,11-12,14H2,1-2H3,(H2,23,24)/b19-5+,20-10+. The molecule has 3 aliphatic rings. The number of hydrogen-bond acceptors (Lipinski definition) is 6. The van der Waals surface area contributed by atoms with Crippen molar-refractivity contribution < 1.29 is 14.2 Å². The second-order valence-corrected chi connectivity index (χ2v) is 7.20. The molecule has 2 unspecified atom stereocenters. The van der Waals surface area contributed by atoms with Crippen LogP contribution in [0.4, 0.5) is 0 Å². The lowest BCUT2D eigenvalue weighted by atomic mass is 9.84. The summed E-state index contributed by atoms with van der Waals surface area (Å²) in [5, 5.41) is 0. The van der Waals surface area contributed by atoms with Gasteiger partial charge < -0.3 is 24.8 Å². The summed E-state index contributed by atoms with van der Waals surface area (Å²) in [5.74, 6) is 2.69. The Labute approximate surface area is 171 Å². The summed E-state index contributed by atoms with van der Waals surface area (Å²) >= 11 is 5.78. The fourth-order valence-electron chi connectivity index (χ4n) is 3.53. The summed E-state index contributed by atoms with van der Waals surface area (Å²) in [6, 6.07) is 0. The van der Waals surface area contributed by atoms with Crippen LogP contribution >= 0.6 is 11.6 Å². The van der Waals surface area contributed by atoms with Gasteiger partial charge in [-0.15, -0.1) is 11.6 Å². The van der Waals surface area contributed by atoms with Crippen LogP contribution in [0.25, 0.3) is 0 Å². The first-order valence-electron chi connectivity index (χ1n) is 9.49. The van der Waals surface area contributed by atoms with Crippen LogP contribution in [0.15, 0.2) is 64.2 Å². The Morgan fingerprint density at radius 1 is 1.39 bits per heavy atom. The summed E-state index contributed by atoms with van der Waals surface area (Å²) in [7, 11) is 3.67. The number of halogens is 1. The predicted octanol–water partition coefficient (Wildman–Crippen LogP) is 3.44. The molecule has 0 aromatic carbocycles. The third-order valence-electron chi connectivity index (χ3n) is 5.11. The molecular weight excluding hydrogens is 378 g/mol. The van der Waals surface area contributed by atoms with Crippen molar-refractivity contribution in [1.82, 2.24) is 4.90 Å². The molecule has 0 saturated carbocycles. The average molecular weight is 406 g/mol. The number of nitrogens with two attached hydrogens (primary N) is 1. The van der Waals surface area contributed by atoms with Gasteiger partial charge in [-0.25, -0.2) is 4.99 Å². The number of guanidine groups is 1. The largest absolute Gasteiger partial charge is 0.454 e. The van der Waals surface area contributed by atoms with E-state index in [1.54, 1.807) is 7.11 Å². The molecule has 0 aromatic heterocycles. The number of allylic oxidation sites excluding steroid dienone is 4. The van der Waals surface area contributed by atoms with Crippen LogP contribution in [0, 0.1) is 5.92 Å². The van der Waals surface area contributed by atoms with Crippen molar-refractivity contribution in [2.24, 2.45) is 16.6 Å². The van der Waals surface area contributed by atoms with E-state index in [-0.39, 0.29) is 18.8 Å². The van der Waals surface area contributed by atoms with Gasteiger partial charge in [-0.3, -0.25) is 0 Å². The number of ether oxygens (including phenoxy) is 3. The van der Waals surface area contributed by atoms with Crippen molar-refractivity contribution in [3.05, 3.63) is 59.2 Å². The van der Waals surface area contributed by atoms with E-state index in [2.05, 4.69) is 35.5 Å². The number of alkyl halides is 1. The van der Waals surface area contributed by atoms with E-state index < -0.39 is 0 Å². The van der Waals surface area contributed by atoms with Crippen molar-refractivity contribution in [2.75, 3.05) is 33.4 Å². The van der Waals surface area contributed by atoms with E-state index >= 15 is 0 Å². The van der Waals surface area contributed by atoms with Gasteiger partial charge in [0.15, 0.2) is 17.5 Å². The van der Waals surface area contributed by atoms with Gasteiger partial charge in [-0.1, -0.05) is 18.2 Å². The topological polar surface area (TPSA) is 69.3 Å². The minimum absolute atomic E-state index is 0.149. The maximum atomic E-state index is 5.91. The van der Waals surface area contributed by atoms with E-state index in [0.717, 1.165) is 30.8 Å². The second kappa shape index (κ2) is 9.85. The number of rotatable bonds is 7. The summed E-state index contributed by atoms with van der Waals surface area (Å²) in [4.78, 5) is 6.33. The summed E-state index contributed by atoms with van der Waals surface area (Å²) in [5.41, 5.74) is 8.46. The molecule has 2 aliphatic heterocycles. The van der Waals surface area contributed by atoms with E-state index in [1.807, 2.05) is 18.0 Å². The fourth-order valence-corrected chi connectivity index (χ4v) is 3.67. The lowest BCUT2D eigenvalue weighted by molar-refractivity contribution is 0.0973. The Morgan fingerprint density at radius 3 is 2.82 bits per heavy atom. The average Bonchev–Trinajstić information content (AvgIpc) is 3.15. The van der Waals surface area contributed by atoms with Crippen LogP contribution in [-0.2, 0) is 14.2 Å². The molecular formula is C21H28ClN3O3. The van der Waals surface area contributed by atoms with Gasteiger partial charge in [0.05, 0.1) is 12.6 Å². The lowest BCUT2D eigenvalue weighted by Crippen LogP contribution is -2.34. The van der Waals surface area contributed by atoms with Crippen LogP contribution in [0.5, 0.6) is 0 Å². The molecule has 152 valence electrons. The zero-order valence-corrected chi connectivity index (χ0v) is 17.2. The SMILES string of the molecule is COC1C=CC(C(CC/C=C2/OCO/C2=C/CCl)C2=CN(C)C(N)=NC2)=CC1. The second-order valence-electron chi connectivity index (χ2n) is 6.89. The van der Waals surface area contributed by atoms with Crippen molar-refractivity contribution in [3.63, 3.8) is 0 Å². The Kier molecular flexibility index (Phi) is 7.23. The molecule has 2 heterocycles. The van der Waals surface area contributed by atoms with Crippen molar-refractivity contribution in [1.29, 1.82) is 0 Å². The molecule has 7 heteroatoms. The molecule has 2 N–H and O–H groups in total. The summed E-state index contributed by atoms with van der Waals surface area (Å²) < 4.78 is 16.4. The molecule has 6 nitrogen and oxygen atoms in total. The molecule has 28 heavy (non-hydrogen) atoms. The lowest BCUT2D eigenvalue weighted by Gasteiger charge is -2.28. The highest BCUT2D eigenvalue weighted by molar-refractivity contribution is 6.18. The molecule has 1 aliphatic carbocycles. The van der Waals surface area contributed by atoms with Gasteiger partial charge in [-0.2, -0.15) is 0 Å². The van der Waals surface area contributed by atoms with Crippen LogP contribution in [0.2, 0.25) is 0 Å². The highest BCUT2D eigenvalue weighted by atomic mass is 35.5. The third kappa shape index (κ3) is 5.00. The Hall–Kier alpha value is -2.18.